The number of rotatable bonds is 3. The average molecular weight is 292 g/mol. The van der Waals surface area contributed by atoms with Gasteiger partial charge in [0, 0.05) is 30.4 Å². The van der Waals surface area contributed by atoms with Gasteiger partial charge in [-0.05, 0) is 38.9 Å². The lowest BCUT2D eigenvalue weighted by atomic mass is 9.98. The van der Waals surface area contributed by atoms with Gasteiger partial charge in [-0.15, -0.1) is 0 Å². The predicted molar refractivity (Wildman–Crippen MR) is 80.1 cm³/mol. The number of piperidine rings is 1. The summed E-state index contributed by atoms with van der Waals surface area (Å²) < 4.78 is 0. The van der Waals surface area contributed by atoms with Gasteiger partial charge < -0.3 is 16.0 Å². The molecule has 1 amide bonds. The van der Waals surface area contributed by atoms with Gasteiger partial charge in [-0.25, -0.2) is 0 Å². The van der Waals surface area contributed by atoms with Gasteiger partial charge in [0.2, 0.25) is 0 Å². The lowest BCUT2D eigenvalue weighted by molar-refractivity contribution is -0.385. The minimum Gasteiger partial charge on any atom is -0.399 e. The molecule has 1 aliphatic heterocycles. The molecule has 114 valence electrons. The number of nitrogens with one attached hydrogen (secondary N) is 1. The van der Waals surface area contributed by atoms with Crippen molar-refractivity contribution in [3.8, 4) is 0 Å². The second-order valence-electron chi connectivity index (χ2n) is 5.56. The summed E-state index contributed by atoms with van der Waals surface area (Å²) in [4.78, 5) is 25.0. The third-order valence-corrected chi connectivity index (χ3v) is 4.01. The molecule has 21 heavy (non-hydrogen) atoms. The Morgan fingerprint density at radius 2 is 2.24 bits per heavy atom. The molecule has 2 rings (SSSR count). The molecule has 1 aromatic carbocycles. The number of nitrogens with two attached hydrogens (primary N) is 1. The molecule has 2 atom stereocenters. The highest BCUT2D eigenvalue weighted by Crippen LogP contribution is 2.22. The van der Waals surface area contributed by atoms with Gasteiger partial charge in [0.15, 0.2) is 0 Å². The van der Waals surface area contributed by atoms with E-state index >= 15 is 0 Å². The Morgan fingerprint density at radius 3 is 2.86 bits per heavy atom. The topological polar surface area (TPSA) is 102 Å². The van der Waals surface area contributed by atoms with Crippen LogP contribution >= 0.6 is 0 Å². The van der Waals surface area contributed by atoms with Crippen molar-refractivity contribution in [2.75, 3.05) is 19.3 Å². The van der Waals surface area contributed by atoms with Crippen LogP contribution in [0, 0.1) is 10.1 Å². The molecule has 1 aromatic rings. The Hall–Kier alpha value is -2.15. The van der Waals surface area contributed by atoms with Crippen LogP contribution in [0.1, 0.15) is 30.1 Å². The predicted octanol–water partition coefficient (Wildman–Crippen LogP) is 1.39. The fraction of sp³-hybridized carbons (Fsp3) is 0.500. The number of hydrogen-bond donors (Lipinski definition) is 2. The zero-order chi connectivity index (χ0) is 15.6. The molecule has 2 unspecified atom stereocenters. The van der Waals surface area contributed by atoms with Crippen LogP contribution in [0.15, 0.2) is 18.2 Å². The molecular formula is C14H20N4O3. The number of anilines is 1. The summed E-state index contributed by atoms with van der Waals surface area (Å²) in [5.41, 5.74) is 5.77. The van der Waals surface area contributed by atoms with Crippen molar-refractivity contribution in [1.82, 2.24) is 10.2 Å². The molecule has 1 aliphatic rings. The van der Waals surface area contributed by atoms with Crippen LogP contribution in [0.3, 0.4) is 0 Å². The third kappa shape index (κ3) is 3.49. The van der Waals surface area contributed by atoms with Crippen LogP contribution in [0.2, 0.25) is 0 Å². The SMILES string of the molecule is CC1CC(NC(=O)c2cc(N)ccc2[N+](=O)[O-])CCN1C. The number of nitro benzene ring substituents is 1. The van der Waals surface area contributed by atoms with E-state index in [1.807, 2.05) is 7.05 Å². The fourth-order valence-corrected chi connectivity index (χ4v) is 2.58. The molecule has 7 heteroatoms. The number of nitrogens with zero attached hydrogens (tertiary/aromatic N) is 2. The van der Waals surface area contributed by atoms with E-state index in [9.17, 15) is 14.9 Å². The molecule has 1 saturated heterocycles. The summed E-state index contributed by atoms with van der Waals surface area (Å²) in [6, 6.07) is 4.45. The summed E-state index contributed by atoms with van der Waals surface area (Å²) in [5, 5.41) is 13.9. The first-order chi connectivity index (χ1) is 9.88. The van der Waals surface area contributed by atoms with Crippen LogP contribution in [0.25, 0.3) is 0 Å². The zero-order valence-electron chi connectivity index (χ0n) is 12.2. The van der Waals surface area contributed by atoms with Gasteiger partial charge in [0.1, 0.15) is 5.56 Å². The maximum atomic E-state index is 12.3. The number of hydrogen-bond acceptors (Lipinski definition) is 5. The van der Waals surface area contributed by atoms with Crippen molar-refractivity contribution >= 4 is 17.3 Å². The molecule has 0 radical (unpaired) electrons. The number of amides is 1. The van der Waals surface area contributed by atoms with Crippen molar-refractivity contribution in [3.63, 3.8) is 0 Å². The number of nitrogen functional groups attached to an aromatic ring is 1. The van der Waals surface area contributed by atoms with Crippen molar-refractivity contribution in [2.45, 2.75) is 31.8 Å². The maximum absolute atomic E-state index is 12.3. The zero-order valence-corrected chi connectivity index (χ0v) is 12.2. The van der Waals surface area contributed by atoms with Crippen molar-refractivity contribution < 1.29 is 9.72 Å². The van der Waals surface area contributed by atoms with E-state index in [4.69, 9.17) is 5.73 Å². The van der Waals surface area contributed by atoms with Gasteiger partial charge in [-0.1, -0.05) is 0 Å². The summed E-state index contributed by atoms with van der Waals surface area (Å²) in [5.74, 6) is -0.434. The summed E-state index contributed by atoms with van der Waals surface area (Å²) in [7, 11) is 2.05. The Kier molecular flexibility index (Phi) is 4.42. The number of likely N-dealkylation sites (tertiary alicyclic amines) is 1. The van der Waals surface area contributed by atoms with E-state index < -0.39 is 10.8 Å². The highest BCUT2D eigenvalue weighted by atomic mass is 16.6. The molecule has 0 bridgehead atoms. The summed E-state index contributed by atoms with van der Waals surface area (Å²) in [6.45, 7) is 2.99. The first kappa shape index (κ1) is 15.2. The number of benzene rings is 1. The van der Waals surface area contributed by atoms with Crippen molar-refractivity contribution in [3.05, 3.63) is 33.9 Å². The second kappa shape index (κ2) is 6.09. The van der Waals surface area contributed by atoms with Gasteiger partial charge in [0.25, 0.3) is 11.6 Å². The molecule has 1 fully saturated rings. The Labute approximate surface area is 123 Å². The molecule has 0 spiro atoms. The van der Waals surface area contributed by atoms with Crippen molar-refractivity contribution in [1.29, 1.82) is 0 Å². The highest BCUT2D eigenvalue weighted by Gasteiger charge is 2.27. The minimum absolute atomic E-state index is 0.0200. The molecule has 7 nitrogen and oxygen atoms in total. The lowest BCUT2D eigenvalue weighted by Crippen LogP contribution is -2.47. The van der Waals surface area contributed by atoms with E-state index in [-0.39, 0.29) is 17.3 Å². The molecular weight excluding hydrogens is 272 g/mol. The Morgan fingerprint density at radius 1 is 1.52 bits per heavy atom. The fourth-order valence-electron chi connectivity index (χ4n) is 2.58. The minimum atomic E-state index is -0.564. The van der Waals surface area contributed by atoms with E-state index in [1.54, 1.807) is 0 Å². The van der Waals surface area contributed by atoms with Gasteiger partial charge in [-0.3, -0.25) is 14.9 Å². The van der Waals surface area contributed by atoms with Crippen LogP contribution < -0.4 is 11.1 Å². The molecule has 0 aromatic heterocycles. The van der Waals surface area contributed by atoms with Crippen LogP contribution in [-0.4, -0.2) is 41.4 Å². The smallest absolute Gasteiger partial charge is 0.282 e. The largest absolute Gasteiger partial charge is 0.399 e. The van der Waals surface area contributed by atoms with E-state index in [0.717, 1.165) is 19.4 Å². The monoisotopic (exact) mass is 292 g/mol. The standard InChI is InChI=1S/C14H20N4O3/c1-9-7-11(5-6-17(9)2)16-14(19)12-8-10(15)3-4-13(12)18(20)21/h3-4,8-9,11H,5-7,15H2,1-2H3,(H,16,19). The highest BCUT2D eigenvalue weighted by molar-refractivity contribution is 5.99. The summed E-state index contributed by atoms with van der Waals surface area (Å²) >= 11 is 0. The van der Waals surface area contributed by atoms with Crippen LogP contribution in [0.5, 0.6) is 0 Å². The van der Waals surface area contributed by atoms with E-state index in [1.165, 1.54) is 18.2 Å². The first-order valence-corrected chi connectivity index (χ1v) is 6.93. The number of carbonyl (C=O) groups is 1. The molecule has 0 saturated carbocycles. The molecule has 1 heterocycles. The average Bonchev–Trinajstić information content (AvgIpc) is 2.42. The van der Waals surface area contributed by atoms with Crippen LogP contribution in [-0.2, 0) is 0 Å². The third-order valence-electron chi connectivity index (χ3n) is 4.01. The van der Waals surface area contributed by atoms with E-state index in [0.29, 0.717) is 11.7 Å². The van der Waals surface area contributed by atoms with Gasteiger partial charge in [0.05, 0.1) is 4.92 Å². The van der Waals surface area contributed by atoms with Crippen LogP contribution in [0.4, 0.5) is 11.4 Å². The Balaban J connectivity index is 2.13. The van der Waals surface area contributed by atoms with Crippen molar-refractivity contribution in [2.24, 2.45) is 0 Å². The van der Waals surface area contributed by atoms with Gasteiger partial charge in [-0.2, -0.15) is 0 Å². The Bertz CT molecular complexity index is 561. The van der Waals surface area contributed by atoms with E-state index in [2.05, 4.69) is 17.1 Å². The van der Waals surface area contributed by atoms with Gasteiger partial charge >= 0.3 is 0 Å². The summed E-state index contributed by atoms with van der Waals surface area (Å²) in [6.07, 6.45) is 1.67. The number of nitro groups is 1. The second-order valence-corrected chi connectivity index (χ2v) is 5.56. The molecule has 0 aliphatic carbocycles. The normalized spacial score (nSPS) is 22.8. The maximum Gasteiger partial charge on any atom is 0.282 e. The number of carbonyl (C=O) groups excluding carboxylic acids is 1. The lowest BCUT2D eigenvalue weighted by Gasteiger charge is -2.35. The molecule has 3 N–H and O–H groups in total. The first-order valence-electron chi connectivity index (χ1n) is 6.93. The quantitative estimate of drug-likeness (QED) is 0.498.